The zero-order chi connectivity index (χ0) is 15.0. The molecule has 3 rings (SSSR count). The van der Waals surface area contributed by atoms with Crippen LogP contribution in [0.1, 0.15) is 46.7 Å². The third-order valence-electron chi connectivity index (χ3n) is 4.00. The zero-order valence-corrected chi connectivity index (χ0v) is 13.7. The van der Waals surface area contributed by atoms with Crippen LogP contribution in [0.5, 0.6) is 0 Å². The van der Waals surface area contributed by atoms with E-state index in [0.717, 1.165) is 33.4 Å². The van der Waals surface area contributed by atoms with Crippen molar-refractivity contribution in [3.05, 3.63) is 45.4 Å². The highest BCUT2D eigenvalue weighted by Gasteiger charge is 2.25. The van der Waals surface area contributed by atoms with Gasteiger partial charge in [-0.3, -0.25) is 4.79 Å². The molecule has 110 valence electrons. The van der Waals surface area contributed by atoms with E-state index in [4.69, 9.17) is 11.6 Å². The number of anilines is 1. The molecule has 3 nitrogen and oxygen atoms in total. The molecule has 0 N–H and O–H groups in total. The monoisotopic (exact) mass is 320 g/mol. The molecule has 0 aliphatic heterocycles. The molecule has 0 saturated heterocycles. The van der Waals surface area contributed by atoms with Crippen LogP contribution < -0.4 is 4.90 Å². The number of carbonyl (C=O) groups excluding carboxylic acids is 1. The first-order valence-electron chi connectivity index (χ1n) is 7.08. The summed E-state index contributed by atoms with van der Waals surface area (Å²) in [5, 5.41) is 1.65. The maximum absolute atomic E-state index is 11.9. The van der Waals surface area contributed by atoms with Crippen LogP contribution in [0.4, 0.5) is 5.13 Å². The Kier molecular flexibility index (Phi) is 4.00. The van der Waals surface area contributed by atoms with Crippen molar-refractivity contribution >= 4 is 33.9 Å². The van der Waals surface area contributed by atoms with Gasteiger partial charge in [0.15, 0.2) is 10.9 Å². The number of benzene rings is 1. The minimum absolute atomic E-state index is 0.112. The number of Topliss-reactive ketones (excluding diaryl/α,β-unsaturated/α-hetero) is 1. The lowest BCUT2D eigenvalue weighted by Crippen LogP contribution is -2.21. The molecular formula is C16H17ClN2OS. The summed E-state index contributed by atoms with van der Waals surface area (Å²) in [4.78, 5) is 19.7. The molecule has 21 heavy (non-hydrogen) atoms. The first-order valence-corrected chi connectivity index (χ1v) is 8.27. The first kappa shape index (κ1) is 14.5. The minimum atomic E-state index is 0.112. The van der Waals surface area contributed by atoms with Gasteiger partial charge in [-0.2, -0.15) is 0 Å². The van der Waals surface area contributed by atoms with Crippen molar-refractivity contribution in [2.24, 2.45) is 0 Å². The van der Waals surface area contributed by atoms with E-state index in [-0.39, 0.29) is 11.8 Å². The fraction of sp³-hybridized carbons (Fsp3) is 0.375. The van der Waals surface area contributed by atoms with Gasteiger partial charge in [0.2, 0.25) is 0 Å². The summed E-state index contributed by atoms with van der Waals surface area (Å²) in [5.74, 6) is 0.178. The fourth-order valence-electron chi connectivity index (χ4n) is 2.59. The molecule has 1 aliphatic carbocycles. The molecule has 1 aromatic heterocycles. The molecular weight excluding hydrogens is 304 g/mol. The van der Waals surface area contributed by atoms with Crippen molar-refractivity contribution in [3.63, 3.8) is 0 Å². The van der Waals surface area contributed by atoms with E-state index < -0.39 is 0 Å². The molecule has 1 atom stereocenters. The van der Waals surface area contributed by atoms with Gasteiger partial charge in [0.1, 0.15) is 5.69 Å². The number of aromatic nitrogens is 1. The van der Waals surface area contributed by atoms with Gasteiger partial charge in [0, 0.05) is 23.4 Å². The second-order valence-electron chi connectivity index (χ2n) is 5.35. The van der Waals surface area contributed by atoms with Gasteiger partial charge in [-0.1, -0.05) is 29.8 Å². The van der Waals surface area contributed by atoms with Gasteiger partial charge >= 0.3 is 0 Å². The average molecular weight is 321 g/mol. The summed E-state index contributed by atoms with van der Waals surface area (Å²) >= 11 is 7.90. The van der Waals surface area contributed by atoms with Gasteiger partial charge in [-0.15, -0.1) is 11.3 Å². The molecule has 1 aliphatic rings. The Morgan fingerprint density at radius 3 is 2.81 bits per heavy atom. The lowest BCUT2D eigenvalue weighted by molar-refractivity contribution is 0.0968. The topological polar surface area (TPSA) is 33.2 Å². The van der Waals surface area contributed by atoms with Gasteiger partial charge in [0.25, 0.3) is 0 Å². The van der Waals surface area contributed by atoms with Crippen molar-refractivity contribution < 1.29 is 4.79 Å². The largest absolute Gasteiger partial charge is 0.344 e. The standard InChI is InChI=1S/C16H17ClN2OS/c1-10(11-6-3-4-7-12(11)17)19(2)16-18-15-13(20)8-5-9-14(15)21-16/h3-4,6-7,10H,5,8-9H2,1-2H3. The Morgan fingerprint density at radius 1 is 1.33 bits per heavy atom. The average Bonchev–Trinajstić information content (AvgIpc) is 2.92. The van der Waals surface area contributed by atoms with Crippen molar-refractivity contribution in [2.45, 2.75) is 32.2 Å². The molecule has 0 saturated carbocycles. The van der Waals surface area contributed by atoms with E-state index in [1.54, 1.807) is 11.3 Å². The molecule has 0 fully saturated rings. The second-order valence-corrected chi connectivity index (χ2v) is 6.82. The van der Waals surface area contributed by atoms with Crippen LogP contribution in [-0.2, 0) is 6.42 Å². The summed E-state index contributed by atoms with van der Waals surface area (Å²) in [7, 11) is 2.00. The van der Waals surface area contributed by atoms with Crippen LogP contribution in [0.15, 0.2) is 24.3 Å². The summed E-state index contributed by atoms with van der Waals surface area (Å²) < 4.78 is 0. The third-order valence-corrected chi connectivity index (χ3v) is 5.55. The number of carbonyl (C=O) groups is 1. The van der Waals surface area contributed by atoms with Crippen LogP contribution >= 0.6 is 22.9 Å². The van der Waals surface area contributed by atoms with Gasteiger partial charge in [-0.25, -0.2) is 4.98 Å². The lowest BCUT2D eigenvalue weighted by Gasteiger charge is -2.25. The van der Waals surface area contributed by atoms with Crippen molar-refractivity contribution in [1.82, 2.24) is 4.98 Å². The maximum Gasteiger partial charge on any atom is 0.186 e. The Morgan fingerprint density at radius 2 is 2.10 bits per heavy atom. The molecule has 0 spiro atoms. The van der Waals surface area contributed by atoms with Crippen molar-refractivity contribution in [1.29, 1.82) is 0 Å². The van der Waals surface area contributed by atoms with Crippen LogP contribution in [-0.4, -0.2) is 17.8 Å². The Hall–Kier alpha value is -1.39. The third kappa shape index (κ3) is 2.70. The Labute approximate surface area is 133 Å². The minimum Gasteiger partial charge on any atom is -0.344 e. The highest BCUT2D eigenvalue weighted by molar-refractivity contribution is 7.16. The number of thiazole rings is 1. The summed E-state index contributed by atoms with van der Waals surface area (Å²) in [6.45, 7) is 2.10. The highest BCUT2D eigenvalue weighted by Crippen LogP contribution is 2.35. The molecule has 5 heteroatoms. The van der Waals surface area contributed by atoms with Crippen LogP contribution in [0.2, 0.25) is 5.02 Å². The summed E-state index contributed by atoms with van der Waals surface area (Å²) in [6.07, 6.45) is 2.53. The quantitative estimate of drug-likeness (QED) is 0.834. The van der Waals surface area contributed by atoms with Crippen LogP contribution in [0.25, 0.3) is 0 Å². The molecule has 1 heterocycles. The number of ketones is 1. The first-order chi connectivity index (χ1) is 10.1. The Bertz CT molecular complexity index is 683. The maximum atomic E-state index is 11.9. The van der Waals surface area contributed by atoms with E-state index in [2.05, 4.69) is 16.8 Å². The molecule has 0 bridgehead atoms. The number of fused-ring (bicyclic) bond motifs is 1. The van der Waals surface area contributed by atoms with Gasteiger partial charge in [-0.05, 0) is 31.4 Å². The lowest BCUT2D eigenvalue weighted by atomic mass is 10.0. The van der Waals surface area contributed by atoms with E-state index in [0.29, 0.717) is 12.1 Å². The van der Waals surface area contributed by atoms with Gasteiger partial charge in [0.05, 0.1) is 6.04 Å². The van der Waals surface area contributed by atoms with Crippen molar-refractivity contribution in [2.75, 3.05) is 11.9 Å². The number of hydrogen-bond donors (Lipinski definition) is 0. The molecule has 0 amide bonds. The second kappa shape index (κ2) is 5.78. The molecule has 2 aromatic rings. The number of halogens is 1. The number of aryl methyl sites for hydroxylation is 1. The van der Waals surface area contributed by atoms with Gasteiger partial charge < -0.3 is 4.90 Å². The normalized spacial score (nSPS) is 15.7. The van der Waals surface area contributed by atoms with Crippen LogP contribution in [0, 0.1) is 0 Å². The predicted molar refractivity (Wildman–Crippen MR) is 87.7 cm³/mol. The van der Waals surface area contributed by atoms with E-state index >= 15 is 0 Å². The molecule has 1 aromatic carbocycles. The number of nitrogens with zero attached hydrogens (tertiary/aromatic N) is 2. The number of hydrogen-bond acceptors (Lipinski definition) is 4. The fourth-order valence-corrected chi connectivity index (χ4v) is 4.05. The smallest absolute Gasteiger partial charge is 0.186 e. The number of rotatable bonds is 3. The predicted octanol–water partition coefficient (Wildman–Crippen LogP) is 4.51. The van der Waals surface area contributed by atoms with Crippen LogP contribution in [0.3, 0.4) is 0 Å². The van der Waals surface area contributed by atoms with E-state index in [9.17, 15) is 4.79 Å². The van der Waals surface area contributed by atoms with E-state index in [1.165, 1.54) is 0 Å². The summed E-state index contributed by atoms with van der Waals surface area (Å²) in [6, 6.07) is 7.96. The highest BCUT2D eigenvalue weighted by atomic mass is 35.5. The summed E-state index contributed by atoms with van der Waals surface area (Å²) in [5.41, 5.74) is 1.75. The molecule has 1 unspecified atom stereocenters. The SMILES string of the molecule is CC(c1ccccc1Cl)N(C)c1nc2c(s1)CCCC2=O. The Balaban J connectivity index is 1.90. The van der Waals surface area contributed by atoms with Crippen molar-refractivity contribution in [3.8, 4) is 0 Å². The van der Waals surface area contributed by atoms with E-state index in [1.807, 2.05) is 31.3 Å². The zero-order valence-electron chi connectivity index (χ0n) is 12.1. The molecule has 0 radical (unpaired) electrons.